The molecule has 2 atom stereocenters. The van der Waals surface area contributed by atoms with Gasteiger partial charge in [0.1, 0.15) is 0 Å². The van der Waals surface area contributed by atoms with Crippen molar-refractivity contribution in [3.8, 4) is 0 Å². The van der Waals surface area contributed by atoms with E-state index in [-0.39, 0.29) is 29.6 Å². The molecule has 1 N–H and O–H groups in total. The third kappa shape index (κ3) is 2.59. The Morgan fingerprint density at radius 2 is 1.32 bits per heavy atom. The van der Waals surface area contributed by atoms with E-state index in [1.165, 1.54) is 22.3 Å². The fourth-order valence-electron chi connectivity index (χ4n) is 5.14. The minimum atomic E-state index is -0.135. The van der Waals surface area contributed by atoms with Crippen LogP contribution in [0.4, 0.5) is 5.69 Å². The highest BCUT2D eigenvalue weighted by Crippen LogP contribution is 2.58. The van der Waals surface area contributed by atoms with Gasteiger partial charge < -0.3 is 5.32 Å². The summed E-state index contributed by atoms with van der Waals surface area (Å²) < 4.78 is 0. The smallest absolute Gasteiger partial charge is 0.228 e. The van der Waals surface area contributed by atoms with Gasteiger partial charge in [0.25, 0.3) is 0 Å². The number of anilines is 1. The number of hydrogen-bond acceptors (Lipinski definition) is 1. The molecule has 0 aromatic heterocycles. The van der Waals surface area contributed by atoms with Crippen molar-refractivity contribution in [2.45, 2.75) is 18.8 Å². The maximum absolute atomic E-state index is 13.4. The van der Waals surface area contributed by atoms with Crippen LogP contribution < -0.4 is 5.32 Å². The van der Waals surface area contributed by atoms with E-state index in [4.69, 9.17) is 23.2 Å². The number of halogens is 2. The summed E-state index contributed by atoms with van der Waals surface area (Å²) >= 11 is 12.1. The maximum Gasteiger partial charge on any atom is 0.228 e. The Morgan fingerprint density at radius 3 is 1.86 bits per heavy atom. The summed E-state index contributed by atoms with van der Waals surface area (Å²) in [6.45, 7) is 2.20. The molecule has 6 rings (SSSR count). The molecule has 3 aliphatic rings. The fourth-order valence-corrected chi connectivity index (χ4v) is 5.44. The predicted octanol–water partition coefficient (Wildman–Crippen LogP) is 6.48. The van der Waals surface area contributed by atoms with Crippen LogP contribution in [0.1, 0.15) is 41.0 Å². The van der Waals surface area contributed by atoms with Crippen LogP contribution in [-0.4, -0.2) is 5.91 Å². The first-order valence-electron chi connectivity index (χ1n) is 9.50. The highest BCUT2D eigenvalue weighted by atomic mass is 35.5. The number of hydrogen-bond donors (Lipinski definition) is 1. The predicted molar refractivity (Wildman–Crippen MR) is 114 cm³/mol. The van der Waals surface area contributed by atoms with Crippen LogP contribution >= 0.6 is 23.2 Å². The van der Waals surface area contributed by atoms with Crippen molar-refractivity contribution < 1.29 is 4.79 Å². The van der Waals surface area contributed by atoms with Crippen LogP contribution in [0.3, 0.4) is 0 Å². The molecule has 0 radical (unpaired) electrons. The summed E-state index contributed by atoms with van der Waals surface area (Å²) in [4.78, 5) is 13.4. The van der Waals surface area contributed by atoms with E-state index in [0.29, 0.717) is 15.7 Å². The number of carbonyl (C=O) groups excluding carboxylic acids is 1. The summed E-state index contributed by atoms with van der Waals surface area (Å²) in [6.07, 6.45) is 0. The van der Waals surface area contributed by atoms with Gasteiger partial charge in [-0.1, -0.05) is 78.7 Å². The lowest BCUT2D eigenvalue weighted by molar-refractivity contribution is -0.122. The van der Waals surface area contributed by atoms with Gasteiger partial charge in [-0.25, -0.2) is 0 Å². The Hall–Kier alpha value is -2.29. The molecule has 0 heterocycles. The second kappa shape index (κ2) is 6.65. The molecule has 0 fully saturated rings. The molecule has 28 heavy (non-hydrogen) atoms. The fraction of sp³-hybridized carbons (Fsp3) is 0.208. The summed E-state index contributed by atoms with van der Waals surface area (Å²) in [5, 5.41) is 3.99. The van der Waals surface area contributed by atoms with Gasteiger partial charge in [-0.05, 0) is 46.4 Å². The van der Waals surface area contributed by atoms with Crippen LogP contribution in [0, 0.1) is 11.8 Å². The van der Waals surface area contributed by atoms with E-state index in [9.17, 15) is 4.79 Å². The average molecular weight is 408 g/mol. The van der Waals surface area contributed by atoms with Gasteiger partial charge in [0, 0.05) is 17.5 Å². The van der Waals surface area contributed by atoms with Crippen LogP contribution in [-0.2, 0) is 4.79 Å². The normalized spacial score (nSPS) is 24.4. The van der Waals surface area contributed by atoms with Crippen LogP contribution in [0.5, 0.6) is 0 Å². The molecule has 3 aliphatic carbocycles. The van der Waals surface area contributed by atoms with E-state index in [1.807, 2.05) is 0 Å². The zero-order valence-corrected chi connectivity index (χ0v) is 16.8. The second-order valence-corrected chi connectivity index (χ2v) is 8.53. The number of carbonyl (C=O) groups is 1. The number of rotatable bonds is 2. The zero-order valence-electron chi connectivity index (χ0n) is 15.3. The first kappa shape index (κ1) is 17.8. The molecule has 140 valence electrons. The molecule has 4 heteroatoms. The molecule has 2 unspecified atom stereocenters. The first-order chi connectivity index (χ1) is 13.6. The molecule has 3 aromatic carbocycles. The molecule has 0 aliphatic heterocycles. The molecule has 1 amide bonds. The van der Waals surface area contributed by atoms with Crippen molar-refractivity contribution in [2.75, 3.05) is 5.32 Å². The SMILES string of the molecule is CC1C2c3ccccc3C(c3ccccc32)C1C(=O)Nc1ccc(Cl)c(Cl)c1. The second-order valence-electron chi connectivity index (χ2n) is 7.72. The summed E-state index contributed by atoms with van der Waals surface area (Å²) in [5.41, 5.74) is 5.95. The Morgan fingerprint density at radius 1 is 0.786 bits per heavy atom. The lowest BCUT2D eigenvalue weighted by atomic mass is 9.54. The van der Waals surface area contributed by atoms with E-state index in [1.54, 1.807) is 18.2 Å². The number of nitrogens with one attached hydrogen (secondary N) is 1. The summed E-state index contributed by atoms with van der Waals surface area (Å²) in [6, 6.07) is 22.3. The van der Waals surface area contributed by atoms with Gasteiger partial charge in [0.05, 0.1) is 16.0 Å². The van der Waals surface area contributed by atoms with Gasteiger partial charge in [-0.3, -0.25) is 4.79 Å². The number of amides is 1. The molecular weight excluding hydrogens is 389 g/mol. The van der Waals surface area contributed by atoms with Crippen molar-refractivity contribution in [3.05, 3.63) is 99.0 Å². The Kier molecular flexibility index (Phi) is 4.22. The Bertz CT molecular complexity index is 1050. The molecular formula is C24H19Cl2NO. The van der Waals surface area contributed by atoms with E-state index >= 15 is 0 Å². The highest BCUT2D eigenvalue weighted by molar-refractivity contribution is 6.42. The quantitative estimate of drug-likeness (QED) is 0.517. The van der Waals surface area contributed by atoms with E-state index in [0.717, 1.165) is 0 Å². The molecule has 2 bridgehead atoms. The number of fused-ring (bicyclic) bond motifs is 1. The first-order valence-corrected chi connectivity index (χ1v) is 10.3. The van der Waals surface area contributed by atoms with Gasteiger partial charge in [0.15, 0.2) is 0 Å². The largest absolute Gasteiger partial charge is 0.326 e. The third-order valence-corrected chi connectivity index (χ3v) is 7.01. The van der Waals surface area contributed by atoms with Crippen molar-refractivity contribution in [3.63, 3.8) is 0 Å². The average Bonchev–Trinajstić information content (AvgIpc) is 2.70. The van der Waals surface area contributed by atoms with Gasteiger partial charge in [-0.15, -0.1) is 0 Å². The standard InChI is InChI=1S/C24H19Cl2NO/c1-13-21-15-6-2-4-8-17(15)23(18-9-5-3-7-16(18)21)22(13)24(28)27-14-10-11-19(25)20(26)12-14/h2-13,21-23H,1H3,(H,27,28). The van der Waals surface area contributed by atoms with Crippen molar-refractivity contribution in [2.24, 2.45) is 11.8 Å². The lowest BCUT2D eigenvalue weighted by Gasteiger charge is -2.49. The molecule has 0 saturated heterocycles. The van der Waals surface area contributed by atoms with E-state index in [2.05, 4.69) is 60.8 Å². The molecule has 3 aromatic rings. The van der Waals surface area contributed by atoms with Crippen LogP contribution in [0.25, 0.3) is 0 Å². The number of benzene rings is 3. The lowest BCUT2D eigenvalue weighted by Crippen LogP contribution is -2.44. The van der Waals surface area contributed by atoms with Crippen molar-refractivity contribution in [1.29, 1.82) is 0 Å². The topological polar surface area (TPSA) is 29.1 Å². The van der Waals surface area contributed by atoms with Crippen molar-refractivity contribution >= 4 is 34.8 Å². The molecule has 0 saturated carbocycles. The van der Waals surface area contributed by atoms with Crippen molar-refractivity contribution in [1.82, 2.24) is 0 Å². The molecule has 2 nitrogen and oxygen atoms in total. The highest BCUT2D eigenvalue weighted by Gasteiger charge is 2.50. The van der Waals surface area contributed by atoms with Gasteiger partial charge in [-0.2, -0.15) is 0 Å². The summed E-state index contributed by atoms with van der Waals surface area (Å²) in [7, 11) is 0. The maximum atomic E-state index is 13.4. The minimum Gasteiger partial charge on any atom is -0.326 e. The van der Waals surface area contributed by atoms with Crippen LogP contribution in [0.15, 0.2) is 66.7 Å². The molecule has 0 spiro atoms. The third-order valence-electron chi connectivity index (χ3n) is 6.27. The minimum absolute atomic E-state index is 0.0323. The Balaban J connectivity index is 1.57. The zero-order chi connectivity index (χ0) is 19.4. The van der Waals surface area contributed by atoms with E-state index < -0.39 is 0 Å². The van der Waals surface area contributed by atoms with Gasteiger partial charge in [0.2, 0.25) is 5.91 Å². The summed E-state index contributed by atoms with van der Waals surface area (Å²) in [5.74, 6) is 0.406. The van der Waals surface area contributed by atoms with Crippen LogP contribution in [0.2, 0.25) is 10.0 Å². The Labute approximate surface area is 174 Å². The monoisotopic (exact) mass is 407 g/mol. The van der Waals surface area contributed by atoms with Gasteiger partial charge >= 0.3 is 0 Å².